The van der Waals surface area contributed by atoms with Crippen LogP contribution in [0.5, 0.6) is 0 Å². The van der Waals surface area contributed by atoms with Gasteiger partial charge in [0.15, 0.2) is 0 Å². The number of amides is 1. The average molecular weight is 288 g/mol. The van der Waals surface area contributed by atoms with Crippen molar-refractivity contribution in [3.05, 3.63) is 30.1 Å². The average Bonchev–Trinajstić information content (AvgIpc) is 3.05. The Labute approximate surface area is 126 Å². The fraction of sp³-hybridized carbons (Fsp3) is 0.625. The van der Waals surface area contributed by atoms with Crippen LogP contribution < -0.4 is 10.6 Å². The lowest BCUT2D eigenvalue weighted by Gasteiger charge is -2.32. The molecule has 5 heteroatoms. The molecule has 3 rings (SSSR count). The lowest BCUT2D eigenvalue weighted by Crippen LogP contribution is -2.46. The zero-order valence-corrected chi connectivity index (χ0v) is 12.4. The molecule has 2 aliphatic heterocycles. The number of likely N-dealkylation sites (tertiary alicyclic amines) is 1. The van der Waals surface area contributed by atoms with Crippen molar-refractivity contribution in [3.8, 4) is 0 Å². The number of carbonyl (C=O) groups excluding carboxylic acids is 1. The molecular weight excluding hydrogens is 264 g/mol. The van der Waals surface area contributed by atoms with Crippen LogP contribution in [0.2, 0.25) is 0 Å². The fourth-order valence-electron chi connectivity index (χ4n) is 3.15. The van der Waals surface area contributed by atoms with E-state index in [9.17, 15) is 4.79 Å². The maximum Gasteiger partial charge on any atom is 0.224 e. The van der Waals surface area contributed by atoms with Gasteiger partial charge in [-0.25, -0.2) is 0 Å². The zero-order valence-electron chi connectivity index (χ0n) is 12.4. The van der Waals surface area contributed by atoms with E-state index < -0.39 is 0 Å². The Hall–Kier alpha value is -1.46. The van der Waals surface area contributed by atoms with E-state index in [1.165, 1.54) is 0 Å². The quantitative estimate of drug-likeness (QED) is 0.859. The molecule has 1 aromatic rings. The van der Waals surface area contributed by atoms with Crippen LogP contribution in [0.15, 0.2) is 24.4 Å². The molecule has 5 nitrogen and oxygen atoms in total. The van der Waals surface area contributed by atoms with E-state index in [1.807, 2.05) is 18.3 Å². The minimum absolute atomic E-state index is 0.177. The van der Waals surface area contributed by atoms with E-state index >= 15 is 0 Å². The van der Waals surface area contributed by atoms with Crippen LogP contribution in [0.3, 0.4) is 0 Å². The maximum atomic E-state index is 12.1. The summed E-state index contributed by atoms with van der Waals surface area (Å²) in [6, 6.07) is 6.40. The largest absolute Gasteiger partial charge is 0.353 e. The van der Waals surface area contributed by atoms with Crippen molar-refractivity contribution in [1.29, 1.82) is 0 Å². The third kappa shape index (κ3) is 4.02. The molecule has 1 atom stereocenters. The van der Waals surface area contributed by atoms with Crippen molar-refractivity contribution in [3.63, 3.8) is 0 Å². The summed E-state index contributed by atoms with van der Waals surface area (Å²) >= 11 is 0. The molecule has 0 saturated carbocycles. The summed E-state index contributed by atoms with van der Waals surface area (Å²) in [5.41, 5.74) is 1.12. The molecule has 0 radical (unpaired) electrons. The zero-order chi connectivity index (χ0) is 14.5. The van der Waals surface area contributed by atoms with Gasteiger partial charge >= 0.3 is 0 Å². The Bertz CT molecular complexity index is 451. The Morgan fingerprint density at radius 2 is 2.19 bits per heavy atom. The third-order valence-electron chi connectivity index (χ3n) is 4.48. The maximum absolute atomic E-state index is 12.1. The van der Waals surface area contributed by atoms with Gasteiger partial charge in [-0.15, -0.1) is 0 Å². The predicted octanol–water partition coefficient (Wildman–Crippen LogP) is 0.772. The lowest BCUT2D eigenvalue weighted by molar-refractivity contribution is -0.125. The van der Waals surface area contributed by atoms with Gasteiger partial charge in [0.2, 0.25) is 5.91 Å². The van der Waals surface area contributed by atoms with Crippen LogP contribution in [0.4, 0.5) is 0 Å². The van der Waals surface area contributed by atoms with E-state index in [4.69, 9.17) is 0 Å². The first-order chi connectivity index (χ1) is 10.3. The highest BCUT2D eigenvalue weighted by atomic mass is 16.2. The highest BCUT2D eigenvalue weighted by Gasteiger charge is 2.26. The summed E-state index contributed by atoms with van der Waals surface area (Å²) in [5, 5.41) is 6.47. The third-order valence-corrected chi connectivity index (χ3v) is 4.48. The Morgan fingerprint density at radius 1 is 1.33 bits per heavy atom. The molecule has 2 N–H and O–H groups in total. The number of carbonyl (C=O) groups is 1. The molecule has 2 aliphatic rings. The van der Waals surface area contributed by atoms with Gasteiger partial charge in [0.1, 0.15) is 0 Å². The first-order valence-electron chi connectivity index (χ1n) is 7.94. The Balaban J connectivity index is 1.41. The highest BCUT2D eigenvalue weighted by molar-refractivity contribution is 5.79. The molecule has 114 valence electrons. The molecule has 1 aromatic heterocycles. The molecule has 3 heterocycles. The van der Waals surface area contributed by atoms with Gasteiger partial charge in [-0.1, -0.05) is 6.07 Å². The normalized spacial score (nSPS) is 24.1. The monoisotopic (exact) mass is 288 g/mol. The topological polar surface area (TPSA) is 57.3 Å². The minimum atomic E-state index is 0.177. The van der Waals surface area contributed by atoms with Gasteiger partial charge in [0, 0.05) is 38.4 Å². The molecule has 0 bridgehead atoms. The Morgan fingerprint density at radius 3 is 2.86 bits per heavy atom. The number of rotatable bonds is 4. The van der Waals surface area contributed by atoms with Crippen molar-refractivity contribution in [2.24, 2.45) is 5.92 Å². The summed E-state index contributed by atoms with van der Waals surface area (Å²) in [6.07, 6.45) is 4.90. The van der Waals surface area contributed by atoms with Crippen molar-refractivity contribution in [2.45, 2.75) is 31.8 Å². The number of nitrogens with zero attached hydrogens (tertiary/aromatic N) is 2. The number of hydrogen-bond donors (Lipinski definition) is 2. The number of hydrogen-bond acceptors (Lipinski definition) is 4. The molecule has 0 aromatic carbocycles. The molecule has 21 heavy (non-hydrogen) atoms. The predicted molar refractivity (Wildman–Crippen MR) is 81.7 cm³/mol. The molecule has 2 fully saturated rings. The van der Waals surface area contributed by atoms with E-state index in [-0.39, 0.29) is 11.8 Å². The van der Waals surface area contributed by atoms with Crippen LogP contribution in [0, 0.1) is 5.92 Å². The smallest absolute Gasteiger partial charge is 0.224 e. The first-order valence-corrected chi connectivity index (χ1v) is 7.94. The van der Waals surface area contributed by atoms with Gasteiger partial charge in [-0.3, -0.25) is 14.7 Å². The first kappa shape index (κ1) is 14.5. The van der Waals surface area contributed by atoms with Crippen molar-refractivity contribution in [1.82, 2.24) is 20.5 Å². The summed E-state index contributed by atoms with van der Waals surface area (Å²) in [4.78, 5) is 18.9. The van der Waals surface area contributed by atoms with Crippen LogP contribution in [-0.4, -0.2) is 48.0 Å². The molecule has 2 saturated heterocycles. The summed E-state index contributed by atoms with van der Waals surface area (Å²) < 4.78 is 0. The fourth-order valence-corrected chi connectivity index (χ4v) is 3.15. The van der Waals surface area contributed by atoms with E-state index in [0.29, 0.717) is 6.04 Å². The van der Waals surface area contributed by atoms with E-state index in [1.54, 1.807) is 0 Å². The molecule has 0 spiro atoms. The van der Waals surface area contributed by atoms with Gasteiger partial charge in [-0.2, -0.15) is 0 Å². The summed E-state index contributed by atoms with van der Waals surface area (Å²) in [6.45, 7) is 4.79. The lowest BCUT2D eigenvalue weighted by atomic mass is 10.0. The van der Waals surface area contributed by atoms with E-state index in [2.05, 4.69) is 26.6 Å². The SMILES string of the molecule is O=C(NC1CCN(Cc2ccccn2)CC1)[C@H]1CCNC1. The highest BCUT2D eigenvalue weighted by Crippen LogP contribution is 2.15. The van der Waals surface area contributed by atoms with Crippen molar-refractivity contribution < 1.29 is 4.79 Å². The molecule has 0 aliphatic carbocycles. The van der Waals surface area contributed by atoms with Gasteiger partial charge in [0.25, 0.3) is 0 Å². The Kier molecular flexibility index (Phi) is 4.83. The standard InChI is InChI=1S/C16H24N4O/c21-16(13-4-8-17-11-13)19-14-5-9-20(10-6-14)12-15-3-1-2-7-18-15/h1-3,7,13-14,17H,4-6,8-12H2,(H,19,21)/t13-/m0/s1. The van der Waals surface area contributed by atoms with Crippen molar-refractivity contribution >= 4 is 5.91 Å². The minimum Gasteiger partial charge on any atom is -0.353 e. The molecule has 0 unspecified atom stereocenters. The van der Waals surface area contributed by atoms with Crippen LogP contribution in [0.25, 0.3) is 0 Å². The molecular formula is C16H24N4O. The number of aromatic nitrogens is 1. The number of pyridine rings is 1. The van der Waals surface area contributed by atoms with Crippen LogP contribution in [-0.2, 0) is 11.3 Å². The van der Waals surface area contributed by atoms with Gasteiger partial charge in [0.05, 0.1) is 11.6 Å². The number of piperidine rings is 1. The van der Waals surface area contributed by atoms with Gasteiger partial charge in [-0.05, 0) is 37.9 Å². The number of nitrogens with one attached hydrogen (secondary N) is 2. The second kappa shape index (κ2) is 7.00. The van der Waals surface area contributed by atoms with E-state index in [0.717, 1.165) is 57.7 Å². The second-order valence-electron chi connectivity index (χ2n) is 6.07. The van der Waals surface area contributed by atoms with Gasteiger partial charge < -0.3 is 10.6 Å². The van der Waals surface area contributed by atoms with Crippen LogP contribution >= 0.6 is 0 Å². The second-order valence-corrected chi connectivity index (χ2v) is 6.07. The summed E-state index contributed by atoms with van der Waals surface area (Å²) in [5.74, 6) is 0.416. The van der Waals surface area contributed by atoms with Crippen LogP contribution in [0.1, 0.15) is 25.0 Å². The summed E-state index contributed by atoms with van der Waals surface area (Å²) in [7, 11) is 0. The molecule has 1 amide bonds. The van der Waals surface area contributed by atoms with Crippen molar-refractivity contribution in [2.75, 3.05) is 26.2 Å².